The fraction of sp³-hybridized carbons (Fsp3) is 0.471. The van der Waals surface area contributed by atoms with Crippen LogP contribution in [0.4, 0.5) is 0 Å². The molecular formula is C70H82Cl2N6O22S. The Balaban J connectivity index is 1.24. The van der Waals surface area contributed by atoms with Crippen molar-refractivity contribution in [1.29, 1.82) is 0 Å². The van der Waals surface area contributed by atoms with Gasteiger partial charge in [-0.05, 0) is 121 Å². The molecule has 0 aromatic heterocycles. The number of hydrogen-bond acceptors (Lipinski definition) is 24. The number of thiocarbonyl (C=S) groups is 1. The van der Waals surface area contributed by atoms with Crippen molar-refractivity contribution in [3.63, 3.8) is 0 Å². The molecule has 7 heterocycles. The maximum absolute atomic E-state index is 15.8. The summed E-state index contributed by atoms with van der Waals surface area (Å²) in [5, 5.41) is 114. The maximum atomic E-state index is 15.8. The predicted molar refractivity (Wildman–Crippen MR) is 364 cm³/mol. The summed E-state index contributed by atoms with van der Waals surface area (Å²) in [4.78, 5) is 88.1. The van der Waals surface area contributed by atoms with Crippen LogP contribution in [0, 0.1) is 17.8 Å². The second kappa shape index (κ2) is 31.5. The summed E-state index contributed by atoms with van der Waals surface area (Å²) in [6.45, 7) is 6.18. The van der Waals surface area contributed by atoms with Crippen molar-refractivity contribution in [2.75, 3.05) is 20.3 Å². The van der Waals surface area contributed by atoms with E-state index in [0.717, 1.165) is 0 Å². The van der Waals surface area contributed by atoms with E-state index in [1.165, 1.54) is 92.9 Å². The van der Waals surface area contributed by atoms with Gasteiger partial charge < -0.3 is 112 Å². The number of ketones is 1. The Hall–Kier alpha value is -7.69. The molecule has 7 aliphatic heterocycles. The Morgan fingerprint density at radius 1 is 0.762 bits per heavy atom. The fourth-order valence-corrected chi connectivity index (χ4v) is 14.2. The molecule has 7 aliphatic rings. The molecule has 0 spiro atoms. The van der Waals surface area contributed by atoms with Crippen LogP contribution in [0.15, 0.2) is 78.9 Å². The van der Waals surface area contributed by atoms with Gasteiger partial charge in [0.2, 0.25) is 41.6 Å². The zero-order chi connectivity index (χ0) is 73.4. The Morgan fingerprint density at radius 3 is 1.98 bits per heavy atom. The molecule has 5 amide bonds. The molecule has 18 atom stereocenters. The van der Waals surface area contributed by atoms with Crippen molar-refractivity contribution in [2.45, 2.75) is 170 Å². The van der Waals surface area contributed by atoms with Gasteiger partial charge in [0.25, 0.3) is 0 Å². The van der Waals surface area contributed by atoms with Crippen LogP contribution in [0.5, 0.6) is 40.2 Å². The molecular weight excluding hydrogens is 1380 g/mol. The Bertz CT molecular complexity index is 4000. The van der Waals surface area contributed by atoms with Gasteiger partial charge in [0.05, 0.1) is 79.7 Å². The number of amides is 5. The highest BCUT2D eigenvalue weighted by Gasteiger charge is 2.51. The van der Waals surface area contributed by atoms with Crippen LogP contribution in [0.1, 0.15) is 130 Å². The Kier molecular flexibility index (Phi) is 23.7. The van der Waals surface area contributed by atoms with Gasteiger partial charge in [-0.2, -0.15) is 0 Å². The van der Waals surface area contributed by atoms with E-state index in [4.69, 9.17) is 80.0 Å². The minimum absolute atomic E-state index is 0.00171. The minimum atomic E-state index is -1.96. The number of aliphatic hydroxyl groups excluding tert-OH is 8. The van der Waals surface area contributed by atoms with Crippen LogP contribution in [0.2, 0.25) is 10.0 Å². The van der Waals surface area contributed by atoms with E-state index < -0.39 is 201 Å². The van der Waals surface area contributed by atoms with Gasteiger partial charge >= 0.3 is 0 Å². The molecule has 31 heteroatoms. The van der Waals surface area contributed by atoms with Crippen LogP contribution in [-0.4, -0.2) is 173 Å². The number of aromatic hydroxyl groups is 1. The summed E-state index contributed by atoms with van der Waals surface area (Å²) in [6.07, 6.45) is -18.6. The lowest BCUT2D eigenvalue weighted by atomic mass is 9.79. The number of carbonyl (C=O) groups is 6. The van der Waals surface area contributed by atoms with Crippen LogP contribution < -0.4 is 51.7 Å². The third-order valence-corrected chi connectivity index (χ3v) is 19.8. The SMILES string of the molecule is COc1cc(CO)cc2c1-c1cc(ccc1O)[C@@H]1CC(=S)[C@@H]3NC(=O)[C@H](CC(N)=O)NC(=O)[C@H](NC(=O)[C@H](C)CC(C)C)[C@H](O)c4ccc(c(Cl)c4)Oc4cc3cc(c4OC3OC(CO)C(O)[C@H](O)[C@@H]3O[C@H]3CC(C)(N)[C@H](O)[C@H](C)O3)Oc3ccc(cc3Cl)[C@@H](O)[C@H](CC1=O)C(=O)N[C@@H]2CO. The first-order chi connectivity index (χ1) is 47.8. The first-order valence-electron chi connectivity index (χ1n) is 32.7. The highest BCUT2D eigenvalue weighted by atomic mass is 35.5. The lowest BCUT2D eigenvalue weighted by Crippen LogP contribution is -2.64. The van der Waals surface area contributed by atoms with Crippen LogP contribution >= 0.6 is 35.4 Å². The number of ether oxygens (including phenoxy) is 7. The molecule has 5 aromatic rings. The third-order valence-electron chi connectivity index (χ3n) is 18.8. The van der Waals surface area contributed by atoms with Gasteiger partial charge in [0, 0.05) is 46.2 Å². The van der Waals surface area contributed by atoms with Crippen molar-refractivity contribution in [2.24, 2.45) is 29.2 Å². The van der Waals surface area contributed by atoms with E-state index in [2.05, 4.69) is 21.3 Å². The number of Topliss-reactive ketones (excluding diaryl/α,β-unsaturated/α-hetero) is 1. The van der Waals surface area contributed by atoms with Crippen molar-refractivity contribution >= 4 is 75.6 Å². The first kappa shape index (κ1) is 76.0. The van der Waals surface area contributed by atoms with Crippen molar-refractivity contribution in [3.05, 3.63) is 122 Å². The summed E-state index contributed by atoms with van der Waals surface area (Å²) in [6, 6.07) is 10.3. The third kappa shape index (κ3) is 16.4. The summed E-state index contributed by atoms with van der Waals surface area (Å²) in [7, 11) is 1.31. The van der Waals surface area contributed by atoms with Gasteiger partial charge in [0.15, 0.2) is 23.9 Å². The number of methoxy groups -OCH3 is 1. The zero-order valence-corrected chi connectivity index (χ0v) is 58.0. The topological polar surface area (TPSA) is 449 Å². The number of primary amides is 1. The van der Waals surface area contributed by atoms with Gasteiger partial charge in [-0.25, -0.2) is 0 Å². The average molecular weight is 1460 g/mol. The fourth-order valence-electron chi connectivity index (χ4n) is 13.4. The highest BCUT2D eigenvalue weighted by Crippen LogP contribution is 2.51. The number of hydrogen-bond donors (Lipinski definition) is 15. The maximum Gasteiger partial charge on any atom is 0.246 e. The van der Waals surface area contributed by atoms with E-state index in [0.29, 0.717) is 6.42 Å². The van der Waals surface area contributed by atoms with E-state index in [1.54, 1.807) is 13.8 Å². The van der Waals surface area contributed by atoms with Crippen molar-refractivity contribution in [1.82, 2.24) is 21.3 Å². The standard InChI is InChI=1S/C70H82Cl2N6O22S/c1-28(2)13-29(3)65(90)78-57-59(86)34-9-12-47(41(72)18-34)97-50-20-35-19-49(62(50)100-69-63(61(88)60(87)51(27-81)98-69)99-54-24-70(5,74)64(89)30(4)95-54)96-46-11-8-33(17-40(46)71)58(85)39-21-45(83)36(22-52(101)56(35)77-67(92)42(23-53(73)84)75-68(57)93)32-7-10-44(82)38(16-32)55-37(43(26-80)76-66(39)91)14-31(25-79)15-48(55)94-6/h7-12,14-20,28-30,36,39,42-43,51,54,56-61,63-64,69,79-82,85-89H,13,21-27,74H2,1-6H3,(H2,73,84)(H,75,93)(H,76,91)(H,77,92)(H,78,90)/t29-,30+,36+,39+,42+,43-,51?,54+,56-,57-,58-,59-,60?,61+,63+,64-,69?,70?/m1/s1. The molecule has 2 saturated heterocycles. The molecule has 2 fully saturated rings. The quantitative estimate of drug-likeness (QED) is 0.0700. The van der Waals surface area contributed by atoms with Crippen molar-refractivity contribution < 1.29 is 108 Å². The number of carbonyl (C=O) groups excluding carboxylic acids is 6. The molecule has 5 aromatic carbocycles. The van der Waals surface area contributed by atoms with Crippen molar-refractivity contribution in [3.8, 4) is 51.4 Å². The molecule has 0 radical (unpaired) electrons. The van der Waals surface area contributed by atoms with E-state index >= 15 is 14.4 Å². The number of phenolic OH excluding ortho intramolecular Hbond substituents is 1. The van der Waals surface area contributed by atoms with Crippen LogP contribution in [-0.2, 0) is 49.6 Å². The number of nitrogens with two attached hydrogens (primary N) is 2. The zero-order valence-electron chi connectivity index (χ0n) is 55.7. The lowest BCUT2D eigenvalue weighted by Gasteiger charge is -2.47. The monoisotopic (exact) mass is 1460 g/mol. The normalized spacial score (nSPS) is 29.6. The average Bonchev–Trinajstić information content (AvgIpc) is 0.772. The highest BCUT2D eigenvalue weighted by molar-refractivity contribution is 7.80. The Labute approximate surface area is 595 Å². The molecule has 101 heavy (non-hydrogen) atoms. The molecule has 17 N–H and O–H groups in total. The summed E-state index contributed by atoms with van der Waals surface area (Å²) >= 11 is 20.7. The molecule has 12 rings (SSSR count). The van der Waals surface area contributed by atoms with Crippen LogP contribution in [0.25, 0.3) is 11.1 Å². The second-order valence-corrected chi connectivity index (χ2v) is 28.1. The van der Waals surface area contributed by atoms with Gasteiger partial charge in [-0.1, -0.05) is 80.5 Å². The number of halogens is 2. The number of aliphatic hydroxyl groups is 8. The lowest BCUT2D eigenvalue weighted by molar-refractivity contribution is -0.333. The summed E-state index contributed by atoms with van der Waals surface area (Å²) in [5.74, 6) is -12.0. The number of fused-ring (bicyclic) bond motifs is 15. The smallest absolute Gasteiger partial charge is 0.246 e. The molecule has 0 aliphatic carbocycles. The summed E-state index contributed by atoms with van der Waals surface area (Å²) < 4.78 is 44.7. The first-order valence-corrected chi connectivity index (χ1v) is 33.9. The predicted octanol–water partition coefficient (Wildman–Crippen LogP) is 3.93. The molecule has 0 saturated carbocycles. The molecule has 28 nitrogen and oxygen atoms in total. The largest absolute Gasteiger partial charge is 0.507 e. The van der Waals surface area contributed by atoms with Crippen LogP contribution in [0.3, 0.4) is 0 Å². The number of nitrogens with one attached hydrogen (secondary N) is 4. The summed E-state index contributed by atoms with van der Waals surface area (Å²) in [5.41, 5.74) is 11.4. The molecule has 544 valence electrons. The molecule has 4 unspecified atom stereocenters. The van der Waals surface area contributed by atoms with Gasteiger partial charge in [-0.3, -0.25) is 28.8 Å². The Morgan fingerprint density at radius 2 is 1.40 bits per heavy atom. The van der Waals surface area contributed by atoms with E-state index in [1.807, 2.05) is 13.8 Å². The molecule has 11 bridgehead atoms. The minimum Gasteiger partial charge on any atom is -0.507 e. The van der Waals surface area contributed by atoms with Gasteiger partial charge in [-0.15, -0.1) is 0 Å². The van der Waals surface area contributed by atoms with Gasteiger partial charge in [0.1, 0.15) is 65.3 Å². The number of benzene rings is 5. The number of phenols is 1. The van der Waals surface area contributed by atoms with E-state index in [9.17, 15) is 60.3 Å². The second-order valence-electron chi connectivity index (χ2n) is 26.8. The van der Waals surface area contributed by atoms with E-state index in [-0.39, 0.29) is 94.8 Å². The number of rotatable bonds is 14.